The number of hydrogen-bond acceptors (Lipinski definition) is 8. The number of thioether (sulfide) groups is 1. The molecule has 3 aliphatic heterocycles. The number of benzene rings is 3. The Morgan fingerprint density at radius 1 is 1.17 bits per heavy atom. The van der Waals surface area contributed by atoms with E-state index < -0.39 is 10.8 Å². The third-order valence-electron chi connectivity index (χ3n) is 7.11. The van der Waals surface area contributed by atoms with Crippen LogP contribution < -0.4 is 10.1 Å². The zero-order valence-corrected chi connectivity index (χ0v) is 24.0. The quantitative estimate of drug-likeness (QED) is 0.178. The molecule has 0 bridgehead atoms. The van der Waals surface area contributed by atoms with Crippen LogP contribution in [0.25, 0.3) is 17.3 Å². The van der Waals surface area contributed by atoms with Gasteiger partial charge in [-0.05, 0) is 53.7 Å². The molecule has 13 heteroatoms. The Hall–Kier alpha value is -4.13. The Bertz CT molecular complexity index is 1810. The molecule has 0 radical (unpaired) electrons. The number of carbonyl (C=O) groups is 1. The van der Waals surface area contributed by atoms with Crippen LogP contribution in [0.1, 0.15) is 29.2 Å². The first-order valence-electron chi connectivity index (χ1n) is 12.4. The van der Waals surface area contributed by atoms with Crippen molar-refractivity contribution < 1.29 is 14.5 Å². The predicted molar refractivity (Wildman–Crippen MR) is 159 cm³/mol. The number of rotatable bonds is 4. The third kappa shape index (κ3) is 4.39. The lowest BCUT2D eigenvalue weighted by atomic mass is 9.95. The maximum absolute atomic E-state index is 13.0. The number of H-pyrrole nitrogens is 1. The standard InChI is InChI=1S/C28H18BrClN6O4S/c29-18-6-9-24-21(12-18)23-13-22(15-4-7-19(30)8-5-15)34-35(23)28(40-24)25(41-27(37)32-28)11-17-14-31-33-26(17)16-2-1-3-20(10-16)36(38)39/h1-12,14,23H,13H2,(H,31,33)(H,32,37)/b25-11-. The lowest BCUT2D eigenvalue weighted by Crippen LogP contribution is -2.61. The molecule has 41 heavy (non-hydrogen) atoms. The van der Waals surface area contributed by atoms with Gasteiger partial charge in [0, 0.05) is 44.7 Å². The van der Waals surface area contributed by atoms with Crippen LogP contribution in [0.5, 0.6) is 5.75 Å². The number of hydrogen-bond donors (Lipinski definition) is 2. The van der Waals surface area contributed by atoms with E-state index in [1.165, 1.54) is 12.1 Å². The average molecular weight is 650 g/mol. The van der Waals surface area contributed by atoms with Crippen molar-refractivity contribution >= 4 is 62.0 Å². The van der Waals surface area contributed by atoms with Gasteiger partial charge in [0.15, 0.2) is 0 Å². The fraction of sp³-hybridized carbons (Fsp3) is 0.107. The van der Waals surface area contributed by atoms with Gasteiger partial charge in [-0.25, -0.2) is 5.01 Å². The van der Waals surface area contributed by atoms with Crippen LogP contribution in [-0.4, -0.2) is 36.9 Å². The molecule has 1 saturated heterocycles. The molecule has 1 fully saturated rings. The van der Waals surface area contributed by atoms with Crippen LogP contribution in [-0.2, 0) is 0 Å². The molecule has 0 aliphatic carbocycles. The van der Waals surface area contributed by atoms with Crippen molar-refractivity contribution in [1.82, 2.24) is 20.5 Å². The normalized spacial score (nSPS) is 21.9. The number of non-ortho nitro benzene ring substituents is 1. The number of nitrogens with one attached hydrogen (secondary N) is 2. The van der Waals surface area contributed by atoms with E-state index in [2.05, 4.69) is 31.4 Å². The number of aromatic amines is 1. The van der Waals surface area contributed by atoms with E-state index >= 15 is 0 Å². The number of nitro benzene ring substituents is 1. The van der Waals surface area contributed by atoms with E-state index in [9.17, 15) is 14.9 Å². The van der Waals surface area contributed by atoms with Gasteiger partial charge in [0.05, 0.1) is 33.5 Å². The van der Waals surface area contributed by atoms with Crippen LogP contribution in [0.15, 0.2) is 87.4 Å². The van der Waals surface area contributed by atoms with Gasteiger partial charge in [0.25, 0.3) is 10.9 Å². The lowest BCUT2D eigenvalue weighted by molar-refractivity contribution is -0.384. The number of ether oxygens (including phenoxy) is 1. The summed E-state index contributed by atoms with van der Waals surface area (Å²) in [5.74, 6) is -0.791. The highest BCUT2D eigenvalue weighted by Crippen LogP contribution is 2.53. The van der Waals surface area contributed by atoms with E-state index in [1.807, 2.05) is 47.5 Å². The Labute approximate surface area is 250 Å². The molecular formula is C28H18BrClN6O4S. The maximum Gasteiger partial charge on any atom is 0.314 e. The minimum absolute atomic E-state index is 0.0402. The topological polar surface area (TPSA) is 126 Å². The van der Waals surface area contributed by atoms with Crippen LogP contribution in [0.2, 0.25) is 5.02 Å². The van der Waals surface area contributed by atoms with Crippen molar-refractivity contribution in [3.63, 3.8) is 0 Å². The SMILES string of the molecule is O=C1NC2(Oc3ccc(Br)cc3C3CC(c4ccc(Cl)cc4)=NN32)/C(=C/c2cn[nH]c2-c2cccc([N+](=O)[O-])c2)S1. The van der Waals surface area contributed by atoms with Crippen molar-refractivity contribution in [3.8, 4) is 17.0 Å². The van der Waals surface area contributed by atoms with E-state index in [1.54, 1.807) is 24.4 Å². The summed E-state index contributed by atoms with van der Waals surface area (Å²) in [6, 6.07) is 19.3. The minimum atomic E-state index is -1.42. The third-order valence-corrected chi connectivity index (χ3v) is 8.76. The molecule has 2 N–H and O–H groups in total. The van der Waals surface area contributed by atoms with Crippen molar-refractivity contribution in [1.29, 1.82) is 0 Å². The number of aromatic nitrogens is 2. The van der Waals surface area contributed by atoms with Crippen molar-refractivity contribution in [2.45, 2.75) is 18.3 Å². The van der Waals surface area contributed by atoms with Crippen molar-refractivity contribution in [2.24, 2.45) is 5.10 Å². The van der Waals surface area contributed by atoms with Crippen molar-refractivity contribution in [2.75, 3.05) is 0 Å². The van der Waals surface area contributed by atoms with Gasteiger partial charge >= 0.3 is 5.85 Å². The van der Waals surface area contributed by atoms with Gasteiger partial charge in [-0.1, -0.05) is 51.8 Å². The number of amides is 1. The molecule has 4 aromatic rings. The first-order chi connectivity index (χ1) is 19.8. The highest BCUT2D eigenvalue weighted by Gasteiger charge is 2.58. The molecule has 10 nitrogen and oxygen atoms in total. The summed E-state index contributed by atoms with van der Waals surface area (Å²) in [6.07, 6.45) is 3.99. The molecule has 0 saturated carbocycles. The first kappa shape index (κ1) is 25.8. The number of fused-ring (bicyclic) bond motifs is 4. The molecule has 2 atom stereocenters. The Morgan fingerprint density at radius 3 is 2.80 bits per heavy atom. The van der Waals surface area contributed by atoms with Gasteiger partial charge in [0.2, 0.25) is 0 Å². The second kappa shape index (κ2) is 9.75. The average Bonchev–Trinajstić information content (AvgIpc) is 3.68. The summed E-state index contributed by atoms with van der Waals surface area (Å²) >= 11 is 10.7. The fourth-order valence-corrected chi connectivity index (χ4v) is 6.66. The van der Waals surface area contributed by atoms with Gasteiger partial charge in [0.1, 0.15) is 5.75 Å². The Kier molecular flexibility index (Phi) is 6.14. The fourth-order valence-electron chi connectivity index (χ4n) is 5.26. The summed E-state index contributed by atoms with van der Waals surface area (Å²) in [5.41, 5.74) is 4.42. The van der Waals surface area contributed by atoms with E-state index in [4.69, 9.17) is 21.4 Å². The molecule has 7 rings (SSSR count). The second-order valence-electron chi connectivity index (χ2n) is 9.58. The van der Waals surface area contributed by atoms with Gasteiger partial charge < -0.3 is 4.74 Å². The van der Waals surface area contributed by atoms with Gasteiger partial charge in [-0.3, -0.25) is 25.3 Å². The lowest BCUT2D eigenvalue weighted by Gasteiger charge is -2.45. The molecule has 1 aromatic heterocycles. The van der Waals surface area contributed by atoms with Gasteiger partial charge in [-0.2, -0.15) is 10.2 Å². The highest BCUT2D eigenvalue weighted by atomic mass is 79.9. The first-order valence-corrected chi connectivity index (χ1v) is 14.4. The van der Waals surface area contributed by atoms with E-state index in [0.29, 0.717) is 38.9 Å². The van der Waals surface area contributed by atoms with Gasteiger partial charge in [-0.15, -0.1) is 0 Å². The van der Waals surface area contributed by atoms with E-state index in [-0.39, 0.29) is 17.0 Å². The second-order valence-corrected chi connectivity index (χ2v) is 11.9. The Balaban J connectivity index is 1.36. The molecule has 3 aliphatic rings. The highest BCUT2D eigenvalue weighted by molar-refractivity contribution is 9.10. The number of nitro groups is 1. The molecule has 4 heterocycles. The molecule has 3 aromatic carbocycles. The summed E-state index contributed by atoms with van der Waals surface area (Å²) in [6.45, 7) is 0. The summed E-state index contributed by atoms with van der Waals surface area (Å²) in [4.78, 5) is 24.5. The number of hydrazone groups is 1. The zero-order valence-electron chi connectivity index (χ0n) is 20.9. The molecule has 1 spiro atoms. The summed E-state index contributed by atoms with van der Waals surface area (Å²) < 4.78 is 7.52. The van der Waals surface area contributed by atoms with E-state index in [0.717, 1.165) is 33.1 Å². The van der Waals surface area contributed by atoms with Crippen LogP contribution in [0, 0.1) is 10.1 Å². The largest absolute Gasteiger partial charge is 0.444 e. The van der Waals surface area contributed by atoms with Crippen LogP contribution >= 0.6 is 39.3 Å². The number of nitrogens with zero attached hydrogens (tertiary/aromatic N) is 4. The monoisotopic (exact) mass is 648 g/mol. The molecule has 204 valence electrons. The predicted octanol–water partition coefficient (Wildman–Crippen LogP) is 7.10. The number of halogens is 2. The summed E-state index contributed by atoms with van der Waals surface area (Å²) in [5, 5.41) is 28.7. The number of carbonyl (C=O) groups excluding carboxylic acids is 1. The maximum atomic E-state index is 13.0. The molecule has 1 amide bonds. The molecular weight excluding hydrogens is 632 g/mol. The molecule has 2 unspecified atom stereocenters. The van der Waals surface area contributed by atoms with Crippen LogP contribution in [0.4, 0.5) is 10.5 Å². The zero-order chi connectivity index (χ0) is 28.3. The Morgan fingerprint density at radius 2 is 2.00 bits per heavy atom. The minimum Gasteiger partial charge on any atom is -0.444 e. The smallest absolute Gasteiger partial charge is 0.314 e. The van der Waals surface area contributed by atoms with Crippen LogP contribution in [0.3, 0.4) is 0 Å². The summed E-state index contributed by atoms with van der Waals surface area (Å²) in [7, 11) is 0. The van der Waals surface area contributed by atoms with Crippen molar-refractivity contribution in [3.05, 3.63) is 114 Å².